The lowest BCUT2D eigenvalue weighted by Gasteiger charge is -2.09. The zero-order valence-electron chi connectivity index (χ0n) is 15.0. The molecule has 0 aliphatic carbocycles. The van der Waals surface area contributed by atoms with Gasteiger partial charge in [0.05, 0.1) is 23.6 Å². The first-order chi connectivity index (χ1) is 13.1. The lowest BCUT2D eigenvalue weighted by molar-refractivity contribution is -0.113. The third kappa shape index (κ3) is 4.61. The van der Waals surface area contributed by atoms with Gasteiger partial charge in [0.1, 0.15) is 5.75 Å². The van der Waals surface area contributed by atoms with Crippen LogP contribution < -0.4 is 10.1 Å². The lowest BCUT2D eigenvalue weighted by atomic mass is 10.2. The maximum absolute atomic E-state index is 12.2. The van der Waals surface area contributed by atoms with E-state index in [1.165, 1.54) is 11.8 Å². The summed E-state index contributed by atoms with van der Waals surface area (Å²) in [6.45, 7) is 2.72. The molecule has 1 N–H and O–H groups in total. The van der Waals surface area contributed by atoms with Crippen molar-refractivity contribution in [3.8, 4) is 17.1 Å². The number of carbonyl (C=O) groups excluding carboxylic acids is 1. The van der Waals surface area contributed by atoms with Crippen LogP contribution in [-0.2, 0) is 11.3 Å². The molecular formula is C19H19ClN4O2S. The van der Waals surface area contributed by atoms with E-state index >= 15 is 0 Å². The summed E-state index contributed by atoms with van der Waals surface area (Å²) in [5.74, 6) is 1.61. The molecule has 0 aliphatic heterocycles. The van der Waals surface area contributed by atoms with E-state index in [0.29, 0.717) is 22.4 Å². The fourth-order valence-electron chi connectivity index (χ4n) is 2.51. The Bertz CT molecular complexity index is 928. The van der Waals surface area contributed by atoms with E-state index in [2.05, 4.69) is 15.5 Å². The Morgan fingerprint density at radius 2 is 1.93 bits per heavy atom. The van der Waals surface area contributed by atoms with Crippen molar-refractivity contribution in [2.75, 3.05) is 18.2 Å². The number of methoxy groups -OCH3 is 1. The van der Waals surface area contributed by atoms with Crippen molar-refractivity contribution in [1.82, 2.24) is 14.8 Å². The molecule has 0 fully saturated rings. The van der Waals surface area contributed by atoms with Crippen LogP contribution in [0.2, 0.25) is 5.02 Å². The van der Waals surface area contributed by atoms with Crippen LogP contribution in [0.5, 0.6) is 5.75 Å². The first-order valence-electron chi connectivity index (χ1n) is 8.37. The average molecular weight is 403 g/mol. The molecule has 0 spiro atoms. The number of carbonyl (C=O) groups is 1. The van der Waals surface area contributed by atoms with Gasteiger partial charge in [-0.3, -0.25) is 4.79 Å². The molecule has 140 valence electrons. The second-order valence-corrected chi connectivity index (χ2v) is 6.95. The van der Waals surface area contributed by atoms with Gasteiger partial charge in [0, 0.05) is 12.1 Å². The second kappa shape index (κ2) is 8.92. The van der Waals surface area contributed by atoms with Crippen LogP contribution in [0.25, 0.3) is 11.4 Å². The molecule has 2 aromatic carbocycles. The zero-order valence-corrected chi connectivity index (χ0v) is 16.5. The molecule has 3 aromatic rings. The maximum atomic E-state index is 12.2. The van der Waals surface area contributed by atoms with Crippen molar-refractivity contribution in [3.05, 3.63) is 53.6 Å². The van der Waals surface area contributed by atoms with E-state index in [1.807, 2.05) is 47.9 Å². The van der Waals surface area contributed by atoms with Crippen molar-refractivity contribution in [2.24, 2.45) is 0 Å². The van der Waals surface area contributed by atoms with Gasteiger partial charge in [-0.1, -0.05) is 35.5 Å². The molecular weight excluding hydrogens is 384 g/mol. The number of aromatic nitrogens is 3. The van der Waals surface area contributed by atoms with Crippen LogP contribution in [0, 0.1) is 0 Å². The minimum atomic E-state index is -0.148. The smallest absolute Gasteiger partial charge is 0.234 e. The van der Waals surface area contributed by atoms with Crippen LogP contribution in [0.4, 0.5) is 5.69 Å². The van der Waals surface area contributed by atoms with Gasteiger partial charge in [0.15, 0.2) is 11.0 Å². The molecule has 0 bridgehead atoms. The number of hydrogen-bond donors (Lipinski definition) is 1. The zero-order chi connectivity index (χ0) is 19.2. The van der Waals surface area contributed by atoms with Crippen LogP contribution in [0.3, 0.4) is 0 Å². The number of amides is 1. The van der Waals surface area contributed by atoms with E-state index < -0.39 is 0 Å². The Labute approximate surface area is 166 Å². The van der Waals surface area contributed by atoms with E-state index in [9.17, 15) is 4.79 Å². The molecule has 1 heterocycles. The summed E-state index contributed by atoms with van der Waals surface area (Å²) in [5, 5.41) is 12.5. The predicted octanol–water partition coefficient (Wildman–Crippen LogP) is 4.36. The number of rotatable bonds is 7. The van der Waals surface area contributed by atoms with Crippen molar-refractivity contribution >= 4 is 35.0 Å². The third-order valence-corrected chi connectivity index (χ3v) is 5.16. The molecule has 0 aliphatic rings. The number of thioether (sulfide) groups is 1. The third-order valence-electron chi connectivity index (χ3n) is 3.86. The summed E-state index contributed by atoms with van der Waals surface area (Å²) < 4.78 is 7.17. The fraction of sp³-hybridized carbons (Fsp3) is 0.211. The topological polar surface area (TPSA) is 69.0 Å². The number of ether oxygens (including phenoxy) is 1. The number of benzene rings is 2. The highest BCUT2D eigenvalue weighted by atomic mass is 35.5. The standard InChI is InChI=1S/C19H19ClN4O2S/c1-3-24-18(13-8-10-14(26-2)11-9-13)22-23-19(24)27-12-17(25)21-16-7-5-4-6-15(16)20/h4-11H,3,12H2,1-2H3,(H,21,25). The highest BCUT2D eigenvalue weighted by Crippen LogP contribution is 2.26. The second-order valence-electron chi connectivity index (χ2n) is 5.60. The summed E-state index contributed by atoms with van der Waals surface area (Å²) in [7, 11) is 1.63. The van der Waals surface area contributed by atoms with Crippen LogP contribution in [0.15, 0.2) is 53.7 Å². The van der Waals surface area contributed by atoms with Gasteiger partial charge >= 0.3 is 0 Å². The molecule has 6 nitrogen and oxygen atoms in total. The number of halogens is 1. The van der Waals surface area contributed by atoms with Gasteiger partial charge in [-0.05, 0) is 43.3 Å². The summed E-state index contributed by atoms with van der Waals surface area (Å²) in [4.78, 5) is 12.2. The highest BCUT2D eigenvalue weighted by molar-refractivity contribution is 7.99. The van der Waals surface area contributed by atoms with Crippen molar-refractivity contribution in [3.63, 3.8) is 0 Å². The molecule has 0 saturated heterocycles. The molecule has 0 unspecified atom stereocenters. The lowest BCUT2D eigenvalue weighted by Crippen LogP contribution is -2.15. The molecule has 1 amide bonds. The number of para-hydroxylation sites is 1. The first kappa shape index (κ1) is 19.3. The normalized spacial score (nSPS) is 10.6. The van der Waals surface area contributed by atoms with E-state index in [0.717, 1.165) is 17.1 Å². The monoisotopic (exact) mass is 402 g/mol. The Hall–Kier alpha value is -2.51. The summed E-state index contributed by atoms with van der Waals surface area (Å²) in [6.07, 6.45) is 0. The largest absolute Gasteiger partial charge is 0.497 e. The summed E-state index contributed by atoms with van der Waals surface area (Å²) >= 11 is 7.41. The van der Waals surface area contributed by atoms with Crippen LogP contribution >= 0.6 is 23.4 Å². The molecule has 0 atom stereocenters. The van der Waals surface area contributed by atoms with Gasteiger partial charge in [-0.2, -0.15) is 0 Å². The predicted molar refractivity (Wildman–Crippen MR) is 108 cm³/mol. The van der Waals surface area contributed by atoms with Gasteiger partial charge in [-0.15, -0.1) is 10.2 Å². The average Bonchev–Trinajstić information content (AvgIpc) is 3.11. The first-order valence-corrected chi connectivity index (χ1v) is 9.73. The molecule has 1 aromatic heterocycles. The van der Waals surface area contributed by atoms with Gasteiger partial charge in [0.25, 0.3) is 0 Å². The molecule has 0 radical (unpaired) electrons. The molecule has 8 heteroatoms. The fourth-order valence-corrected chi connectivity index (χ4v) is 3.50. The van der Waals surface area contributed by atoms with Crippen molar-refractivity contribution in [2.45, 2.75) is 18.6 Å². The minimum absolute atomic E-state index is 0.148. The quantitative estimate of drug-likeness (QED) is 0.594. The van der Waals surface area contributed by atoms with Gasteiger partial charge in [-0.25, -0.2) is 0 Å². The van der Waals surface area contributed by atoms with Crippen LogP contribution in [0.1, 0.15) is 6.92 Å². The Morgan fingerprint density at radius 3 is 2.59 bits per heavy atom. The number of nitrogens with one attached hydrogen (secondary N) is 1. The van der Waals surface area contributed by atoms with Crippen molar-refractivity contribution in [1.29, 1.82) is 0 Å². The number of anilines is 1. The maximum Gasteiger partial charge on any atom is 0.234 e. The number of hydrogen-bond acceptors (Lipinski definition) is 5. The van der Waals surface area contributed by atoms with Gasteiger partial charge < -0.3 is 14.6 Å². The Balaban J connectivity index is 1.69. The number of nitrogens with zero attached hydrogens (tertiary/aromatic N) is 3. The summed E-state index contributed by atoms with van der Waals surface area (Å²) in [6, 6.07) is 14.8. The van der Waals surface area contributed by atoms with E-state index in [1.54, 1.807) is 19.2 Å². The SMILES string of the molecule is CCn1c(SCC(=O)Nc2ccccc2Cl)nnc1-c1ccc(OC)cc1. The van der Waals surface area contributed by atoms with E-state index in [-0.39, 0.29) is 11.7 Å². The van der Waals surface area contributed by atoms with Crippen molar-refractivity contribution < 1.29 is 9.53 Å². The summed E-state index contributed by atoms with van der Waals surface area (Å²) in [5.41, 5.74) is 1.54. The molecule has 27 heavy (non-hydrogen) atoms. The Kier molecular flexibility index (Phi) is 6.36. The molecule has 0 saturated carbocycles. The van der Waals surface area contributed by atoms with Gasteiger partial charge in [0.2, 0.25) is 5.91 Å². The minimum Gasteiger partial charge on any atom is -0.497 e. The van der Waals surface area contributed by atoms with Crippen LogP contribution in [-0.4, -0.2) is 33.5 Å². The Morgan fingerprint density at radius 1 is 1.19 bits per heavy atom. The van der Waals surface area contributed by atoms with E-state index in [4.69, 9.17) is 16.3 Å². The highest BCUT2D eigenvalue weighted by Gasteiger charge is 2.15. The molecule has 3 rings (SSSR count).